The molecule has 2 unspecified atom stereocenters. The van der Waals surface area contributed by atoms with Crippen molar-refractivity contribution in [3.8, 4) is 0 Å². The third kappa shape index (κ3) is 4.16. The summed E-state index contributed by atoms with van der Waals surface area (Å²) in [4.78, 5) is 0. The molecule has 0 bridgehead atoms. The molecular weight excluding hydrogens is 282 g/mol. The van der Waals surface area contributed by atoms with Gasteiger partial charge in [-0.3, -0.25) is 0 Å². The summed E-state index contributed by atoms with van der Waals surface area (Å²) in [5.41, 5.74) is 1.96. The van der Waals surface area contributed by atoms with Crippen LogP contribution in [0.5, 0.6) is 0 Å². The molecule has 2 aromatic rings. The molecule has 0 saturated heterocycles. The van der Waals surface area contributed by atoms with E-state index in [-0.39, 0.29) is 6.04 Å². The molecule has 21 heavy (non-hydrogen) atoms. The Balaban J connectivity index is 2.35. The molecule has 1 N–H and O–H groups in total. The summed E-state index contributed by atoms with van der Waals surface area (Å²) in [6.07, 6.45) is 1.98. The Labute approximate surface area is 126 Å². The highest BCUT2D eigenvalue weighted by atomic mass is 32.2. The van der Waals surface area contributed by atoms with Crippen LogP contribution in [-0.4, -0.2) is 27.8 Å². The largest absolute Gasteiger partial charge is 0.315 e. The van der Waals surface area contributed by atoms with Crippen LogP contribution in [0.25, 0.3) is 0 Å². The van der Waals surface area contributed by atoms with Gasteiger partial charge < -0.3 is 5.32 Å². The second kappa shape index (κ2) is 6.87. The van der Waals surface area contributed by atoms with E-state index in [2.05, 4.69) is 5.32 Å². The molecule has 0 aliphatic carbocycles. The number of nitrogens with one attached hydrogen (secondary N) is 1. The Morgan fingerprint density at radius 3 is 1.95 bits per heavy atom. The van der Waals surface area contributed by atoms with E-state index in [0.717, 1.165) is 11.1 Å². The van der Waals surface area contributed by atoms with Crippen molar-refractivity contribution in [1.82, 2.24) is 5.32 Å². The first kappa shape index (κ1) is 15.7. The number of hydrogen-bond donors (Lipinski definition) is 1. The summed E-state index contributed by atoms with van der Waals surface area (Å²) in [6, 6.07) is 19.2. The van der Waals surface area contributed by atoms with Crippen molar-refractivity contribution in [1.29, 1.82) is 0 Å². The summed E-state index contributed by atoms with van der Waals surface area (Å²) in [5.74, 6) is 0. The van der Waals surface area contributed by atoms with Crippen molar-refractivity contribution in [3.05, 3.63) is 71.8 Å². The van der Waals surface area contributed by atoms with Gasteiger partial charge in [-0.15, -0.1) is 0 Å². The third-order valence-electron chi connectivity index (χ3n) is 3.62. The number of sulfone groups is 1. The molecule has 0 aromatic heterocycles. The predicted molar refractivity (Wildman–Crippen MR) is 87.0 cm³/mol. The lowest BCUT2D eigenvalue weighted by molar-refractivity contribution is 0.510. The van der Waals surface area contributed by atoms with Gasteiger partial charge in [-0.2, -0.15) is 0 Å². The second-order valence-corrected chi connectivity index (χ2v) is 7.41. The Hall–Kier alpha value is -1.65. The maximum atomic E-state index is 12.3. The molecule has 2 rings (SSSR count). The first-order valence-corrected chi connectivity index (χ1v) is 8.93. The van der Waals surface area contributed by atoms with E-state index in [1.165, 1.54) is 6.26 Å². The van der Waals surface area contributed by atoms with Crippen molar-refractivity contribution in [2.75, 3.05) is 13.3 Å². The van der Waals surface area contributed by atoms with Gasteiger partial charge in [0.2, 0.25) is 0 Å². The molecule has 2 aromatic carbocycles. The normalized spacial score (nSPS) is 14.6. The molecule has 0 heterocycles. The van der Waals surface area contributed by atoms with Crippen LogP contribution in [0.2, 0.25) is 0 Å². The monoisotopic (exact) mass is 303 g/mol. The lowest BCUT2D eigenvalue weighted by Gasteiger charge is -2.26. The minimum absolute atomic E-state index is 0.162. The molecular formula is C17H21NO2S. The first-order chi connectivity index (χ1) is 10.0. The van der Waals surface area contributed by atoms with E-state index in [4.69, 9.17) is 0 Å². The van der Waals surface area contributed by atoms with E-state index >= 15 is 0 Å². The van der Waals surface area contributed by atoms with Crippen molar-refractivity contribution in [2.45, 2.75) is 17.7 Å². The molecule has 4 heteroatoms. The lowest BCUT2D eigenvalue weighted by atomic mass is 9.98. The van der Waals surface area contributed by atoms with Gasteiger partial charge in [0.1, 0.15) is 5.25 Å². The average Bonchev–Trinajstić information content (AvgIpc) is 2.47. The smallest absolute Gasteiger partial charge is 0.156 e. The highest BCUT2D eigenvalue weighted by Gasteiger charge is 2.30. The van der Waals surface area contributed by atoms with Crippen molar-refractivity contribution < 1.29 is 8.42 Å². The summed E-state index contributed by atoms with van der Waals surface area (Å²) in [5, 5.41) is 2.62. The maximum absolute atomic E-state index is 12.3. The Morgan fingerprint density at radius 1 is 0.952 bits per heavy atom. The minimum Gasteiger partial charge on any atom is -0.315 e. The van der Waals surface area contributed by atoms with Gasteiger partial charge in [-0.05, 0) is 24.6 Å². The predicted octanol–water partition coefficient (Wildman–Crippen LogP) is 2.60. The maximum Gasteiger partial charge on any atom is 0.156 e. The average molecular weight is 303 g/mol. The summed E-state index contributed by atoms with van der Waals surface area (Å²) < 4.78 is 24.6. The molecule has 0 aliphatic rings. The third-order valence-corrected chi connectivity index (χ3v) is 5.15. The van der Waals surface area contributed by atoms with Crippen LogP contribution in [0.15, 0.2) is 60.7 Å². The number of likely N-dealkylation sites (N-methyl/N-ethyl adjacent to an activating group) is 1. The van der Waals surface area contributed by atoms with E-state index in [9.17, 15) is 8.42 Å². The van der Waals surface area contributed by atoms with E-state index in [1.807, 2.05) is 67.7 Å². The molecule has 0 radical (unpaired) electrons. The molecule has 0 spiro atoms. The lowest BCUT2D eigenvalue weighted by Crippen LogP contribution is -2.38. The Morgan fingerprint density at radius 2 is 1.48 bits per heavy atom. The summed E-state index contributed by atoms with van der Waals surface area (Å²) >= 11 is 0. The van der Waals surface area contributed by atoms with Crippen molar-refractivity contribution in [3.63, 3.8) is 0 Å². The van der Waals surface area contributed by atoms with Crippen LogP contribution in [0.1, 0.15) is 16.4 Å². The first-order valence-electron chi connectivity index (χ1n) is 6.97. The number of benzene rings is 2. The Bertz CT molecular complexity index is 654. The van der Waals surface area contributed by atoms with Crippen LogP contribution >= 0.6 is 0 Å². The molecule has 112 valence electrons. The molecule has 2 atom stereocenters. The standard InChI is InChI=1S/C17H21NO2S/c1-18-16(13-14-9-5-3-6-10-14)17(21(2,19)20)15-11-7-4-8-12-15/h3-12,16-18H,13H2,1-2H3. The van der Waals surface area contributed by atoms with Crippen molar-refractivity contribution in [2.24, 2.45) is 0 Å². The van der Waals surface area contributed by atoms with Gasteiger partial charge in [0.25, 0.3) is 0 Å². The van der Waals surface area contributed by atoms with Crippen LogP contribution in [0, 0.1) is 0 Å². The molecule has 0 saturated carbocycles. The van der Waals surface area contributed by atoms with E-state index in [0.29, 0.717) is 6.42 Å². The minimum atomic E-state index is -3.21. The molecule has 0 aliphatic heterocycles. The highest BCUT2D eigenvalue weighted by Crippen LogP contribution is 2.27. The van der Waals surface area contributed by atoms with Gasteiger partial charge >= 0.3 is 0 Å². The molecule has 0 fully saturated rings. The fourth-order valence-corrected chi connectivity index (χ4v) is 4.13. The SMILES string of the molecule is CNC(Cc1ccccc1)C(c1ccccc1)S(C)(=O)=O. The van der Waals surface area contributed by atoms with E-state index in [1.54, 1.807) is 0 Å². The quantitative estimate of drug-likeness (QED) is 0.892. The van der Waals surface area contributed by atoms with E-state index < -0.39 is 15.1 Å². The van der Waals surface area contributed by atoms with Gasteiger partial charge in [-0.25, -0.2) is 8.42 Å². The van der Waals surface area contributed by atoms with Crippen LogP contribution in [0.3, 0.4) is 0 Å². The van der Waals surface area contributed by atoms with Gasteiger partial charge in [0.15, 0.2) is 9.84 Å². The molecule has 3 nitrogen and oxygen atoms in total. The van der Waals surface area contributed by atoms with Crippen molar-refractivity contribution >= 4 is 9.84 Å². The summed E-state index contributed by atoms with van der Waals surface area (Å²) in [6.45, 7) is 0. The highest BCUT2D eigenvalue weighted by molar-refractivity contribution is 7.91. The fourth-order valence-electron chi connectivity index (χ4n) is 2.65. The zero-order valence-electron chi connectivity index (χ0n) is 12.4. The van der Waals surface area contributed by atoms with Gasteiger partial charge in [0, 0.05) is 12.3 Å². The zero-order chi connectivity index (χ0) is 15.3. The van der Waals surface area contributed by atoms with Crippen LogP contribution < -0.4 is 5.32 Å². The molecule has 0 amide bonds. The zero-order valence-corrected chi connectivity index (χ0v) is 13.2. The summed E-state index contributed by atoms with van der Waals surface area (Å²) in [7, 11) is -1.40. The second-order valence-electron chi connectivity index (χ2n) is 5.25. The van der Waals surface area contributed by atoms with Gasteiger partial charge in [-0.1, -0.05) is 60.7 Å². The van der Waals surface area contributed by atoms with Crippen LogP contribution in [-0.2, 0) is 16.3 Å². The fraction of sp³-hybridized carbons (Fsp3) is 0.294. The van der Waals surface area contributed by atoms with Crippen LogP contribution in [0.4, 0.5) is 0 Å². The van der Waals surface area contributed by atoms with Gasteiger partial charge in [0.05, 0.1) is 0 Å². The number of hydrogen-bond acceptors (Lipinski definition) is 3. The Kier molecular flexibility index (Phi) is 5.15. The topological polar surface area (TPSA) is 46.2 Å². The number of rotatable bonds is 6.